The van der Waals surface area contributed by atoms with Crippen molar-refractivity contribution in [3.05, 3.63) is 89.0 Å². The number of nitrogens with one attached hydrogen (secondary N) is 1. The van der Waals surface area contributed by atoms with E-state index >= 15 is 0 Å². The predicted octanol–water partition coefficient (Wildman–Crippen LogP) is 7.06. The van der Waals surface area contributed by atoms with Gasteiger partial charge < -0.3 is 19.6 Å². The first-order chi connectivity index (χ1) is 19.6. The fraction of sp³-hybridized carbons (Fsp3) is 0.258. The molecule has 0 bridgehead atoms. The van der Waals surface area contributed by atoms with Crippen LogP contribution in [0.1, 0.15) is 37.3 Å². The number of hydrogen-bond acceptors (Lipinski definition) is 7. The fourth-order valence-corrected chi connectivity index (χ4v) is 4.55. The van der Waals surface area contributed by atoms with Gasteiger partial charge in [0.1, 0.15) is 36.9 Å². The Balaban J connectivity index is 1.33. The van der Waals surface area contributed by atoms with Crippen LogP contribution in [-0.4, -0.2) is 35.0 Å². The molecule has 1 saturated heterocycles. The molecule has 1 aromatic heterocycles. The number of ether oxygens (including phenoxy) is 2. The van der Waals surface area contributed by atoms with Gasteiger partial charge in [-0.1, -0.05) is 34.8 Å². The molecule has 0 saturated carbocycles. The lowest BCUT2D eigenvalue weighted by atomic mass is 10.1. The van der Waals surface area contributed by atoms with Gasteiger partial charge in [0.25, 0.3) is 0 Å². The highest BCUT2D eigenvalue weighted by molar-refractivity contribution is 6.32. The Labute approximate surface area is 237 Å². The van der Waals surface area contributed by atoms with Crippen molar-refractivity contribution in [2.45, 2.75) is 38.9 Å². The van der Waals surface area contributed by atoms with Gasteiger partial charge in [0.05, 0.1) is 16.6 Å². The van der Waals surface area contributed by atoms with E-state index in [4.69, 9.17) is 25.9 Å². The lowest BCUT2D eigenvalue weighted by molar-refractivity contribution is -0.0395. The average Bonchev–Trinajstić information content (AvgIpc) is 2.97. The molecule has 0 radical (unpaired) electrons. The zero-order chi connectivity index (χ0) is 27.7. The van der Waals surface area contributed by atoms with Crippen LogP contribution in [-0.2, 0) is 16.2 Å². The first-order valence-corrected chi connectivity index (χ1v) is 13.4. The Morgan fingerprint density at radius 1 is 1.15 bits per heavy atom. The summed E-state index contributed by atoms with van der Waals surface area (Å²) in [5.74, 6) is 6.71. The standard InChI is InChI=1S/C31H28ClFN4O3/c1-2-6-28(37-40-19-25-9-3-4-14-38-25)22-10-12-29-26(16-22)31(35-20-34-29)36-24-11-13-30(27(32)17-24)39-18-21-7-5-8-23(33)15-21/h5,7-8,10-13,15-17,20,25H,3-4,9,14,18-19H2,1H3,(H,34,35,36)/b37-28+/t25-/m1/s1. The number of aromatic nitrogens is 2. The van der Waals surface area contributed by atoms with Crippen LogP contribution in [0.25, 0.3) is 10.9 Å². The lowest BCUT2D eigenvalue weighted by Gasteiger charge is -2.21. The summed E-state index contributed by atoms with van der Waals surface area (Å²) in [5.41, 5.74) is 3.47. The van der Waals surface area contributed by atoms with Crippen molar-refractivity contribution in [1.82, 2.24) is 9.97 Å². The van der Waals surface area contributed by atoms with Crippen molar-refractivity contribution >= 4 is 39.7 Å². The van der Waals surface area contributed by atoms with Gasteiger partial charge >= 0.3 is 0 Å². The van der Waals surface area contributed by atoms with Crippen LogP contribution >= 0.6 is 11.6 Å². The Morgan fingerprint density at radius 2 is 2.08 bits per heavy atom. The van der Waals surface area contributed by atoms with Crippen LogP contribution in [0.2, 0.25) is 5.02 Å². The van der Waals surface area contributed by atoms with E-state index < -0.39 is 0 Å². The molecule has 0 unspecified atom stereocenters. The molecule has 0 amide bonds. The lowest BCUT2D eigenvalue weighted by Crippen LogP contribution is -2.23. The number of anilines is 2. The van der Waals surface area contributed by atoms with Crippen LogP contribution < -0.4 is 10.1 Å². The molecule has 4 aromatic rings. The van der Waals surface area contributed by atoms with Gasteiger partial charge in [-0.05, 0) is 86.2 Å². The second kappa shape index (κ2) is 13.2. The average molecular weight is 559 g/mol. The second-order valence-electron chi connectivity index (χ2n) is 9.24. The van der Waals surface area contributed by atoms with Gasteiger partial charge in [-0.25, -0.2) is 14.4 Å². The molecule has 2 heterocycles. The van der Waals surface area contributed by atoms with Gasteiger partial charge in [-0.2, -0.15) is 0 Å². The maximum Gasteiger partial charge on any atom is 0.159 e. The van der Waals surface area contributed by atoms with E-state index in [9.17, 15) is 4.39 Å². The number of fused-ring (bicyclic) bond motifs is 1. The van der Waals surface area contributed by atoms with Crippen LogP contribution in [0.4, 0.5) is 15.9 Å². The monoisotopic (exact) mass is 558 g/mol. The molecule has 40 heavy (non-hydrogen) atoms. The van der Waals surface area contributed by atoms with Crippen molar-refractivity contribution in [1.29, 1.82) is 0 Å². The molecule has 1 atom stereocenters. The predicted molar refractivity (Wildman–Crippen MR) is 155 cm³/mol. The third-order valence-corrected chi connectivity index (χ3v) is 6.62. The highest BCUT2D eigenvalue weighted by Gasteiger charge is 2.15. The minimum atomic E-state index is -0.311. The fourth-order valence-electron chi connectivity index (χ4n) is 4.31. The highest BCUT2D eigenvalue weighted by Crippen LogP contribution is 2.31. The largest absolute Gasteiger partial charge is 0.487 e. The number of nitrogens with zero attached hydrogens (tertiary/aromatic N) is 3. The second-order valence-corrected chi connectivity index (χ2v) is 9.65. The van der Waals surface area contributed by atoms with Gasteiger partial charge in [0.2, 0.25) is 0 Å². The summed E-state index contributed by atoms with van der Waals surface area (Å²) in [5, 5.41) is 8.82. The summed E-state index contributed by atoms with van der Waals surface area (Å²) in [6, 6.07) is 17.3. The van der Waals surface area contributed by atoms with Crippen LogP contribution in [0.5, 0.6) is 5.75 Å². The summed E-state index contributed by atoms with van der Waals surface area (Å²) in [6.45, 7) is 3.11. The third kappa shape index (κ3) is 7.06. The number of rotatable bonds is 9. The summed E-state index contributed by atoms with van der Waals surface area (Å²) in [6.07, 6.45) is 4.74. The van der Waals surface area contributed by atoms with Gasteiger partial charge in [-0.3, -0.25) is 0 Å². The Hall–Kier alpha value is -4.19. The Bertz CT molecular complexity index is 1580. The Kier molecular flexibility index (Phi) is 9.07. The van der Waals surface area contributed by atoms with E-state index in [2.05, 4.69) is 32.3 Å². The quantitative estimate of drug-likeness (QED) is 0.135. The smallest absolute Gasteiger partial charge is 0.159 e. The molecule has 0 spiro atoms. The maximum atomic E-state index is 13.5. The maximum absolute atomic E-state index is 13.5. The molecular formula is C31H28ClFN4O3. The zero-order valence-electron chi connectivity index (χ0n) is 22.0. The molecule has 9 heteroatoms. The van der Waals surface area contributed by atoms with E-state index in [0.717, 1.165) is 42.3 Å². The van der Waals surface area contributed by atoms with E-state index in [1.165, 1.54) is 18.5 Å². The number of hydrogen-bond donors (Lipinski definition) is 1. The van der Waals surface area contributed by atoms with Crippen molar-refractivity contribution in [2.24, 2.45) is 5.16 Å². The topological polar surface area (TPSA) is 77.9 Å². The number of benzene rings is 3. The molecule has 7 nitrogen and oxygen atoms in total. The van der Waals surface area contributed by atoms with E-state index in [1.807, 2.05) is 24.3 Å². The Morgan fingerprint density at radius 3 is 2.88 bits per heavy atom. The minimum Gasteiger partial charge on any atom is -0.487 e. The molecule has 204 valence electrons. The van der Waals surface area contributed by atoms with Crippen LogP contribution in [0.15, 0.2) is 72.1 Å². The molecule has 1 N–H and O–H groups in total. The molecule has 3 aromatic carbocycles. The first-order valence-electron chi connectivity index (χ1n) is 13.0. The van der Waals surface area contributed by atoms with E-state index in [-0.39, 0.29) is 18.5 Å². The summed E-state index contributed by atoms with van der Waals surface area (Å²) >= 11 is 6.49. The molecule has 1 fully saturated rings. The van der Waals surface area contributed by atoms with Crippen molar-refractivity contribution in [2.75, 3.05) is 18.5 Å². The van der Waals surface area contributed by atoms with Crippen molar-refractivity contribution in [3.63, 3.8) is 0 Å². The SMILES string of the molecule is CC#C/C(=N\OC[C@H]1CCCCO1)c1ccc2ncnc(Nc3ccc(OCc4cccc(F)c4)c(Cl)c3)c2c1. The summed E-state index contributed by atoms with van der Waals surface area (Å²) < 4.78 is 25.0. The minimum absolute atomic E-state index is 0.0547. The summed E-state index contributed by atoms with van der Waals surface area (Å²) in [4.78, 5) is 14.5. The number of halogens is 2. The van der Waals surface area contributed by atoms with Crippen LogP contribution in [0.3, 0.4) is 0 Å². The van der Waals surface area contributed by atoms with E-state index in [0.29, 0.717) is 40.2 Å². The normalized spacial score (nSPS) is 15.3. The zero-order valence-corrected chi connectivity index (χ0v) is 22.7. The first kappa shape index (κ1) is 27.4. The van der Waals surface area contributed by atoms with Crippen molar-refractivity contribution in [3.8, 4) is 17.6 Å². The number of oxime groups is 1. The highest BCUT2D eigenvalue weighted by atomic mass is 35.5. The van der Waals surface area contributed by atoms with E-state index in [1.54, 1.807) is 31.2 Å². The van der Waals surface area contributed by atoms with Gasteiger partial charge in [-0.15, -0.1) is 0 Å². The van der Waals surface area contributed by atoms with Crippen LogP contribution in [0, 0.1) is 17.7 Å². The molecular weight excluding hydrogens is 531 g/mol. The third-order valence-electron chi connectivity index (χ3n) is 6.32. The van der Waals surface area contributed by atoms with Gasteiger partial charge in [0.15, 0.2) is 5.71 Å². The summed E-state index contributed by atoms with van der Waals surface area (Å²) in [7, 11) is 0. The van der Waals surface area contributed by atoms with Crippen molar-refractivity contribution < 1.29 is 18.7 Å². The molecule has 1 aliphatic heterocycles. The van der Waals surface area contributed by atoms with Gasteiger partial charge in [0, 0.05) is 23.2 Å². The molecule has 1 aliphatic rings. The molecule has 5 rings (SSSR count). The molecule has 0 aliphatic carbocycles.